The average molecular weight is 424 g/mol. The molecule has 0 spiro atoms. The standard InChI is InChI=1S/C25H33N3O3/c1-25(2,3)31-24(30)28-16-14-20(15-17-28)23(29)26-21-12-8-9-13-22(21)27(4)18-19-10-6-5-7-11-19/h5-13,20H,14-18H2,1-4H3,(H,26,29). The summed E-state index contributed by atoms with van der Waals surface area (Å²) in [5.74, 6) is -0.115. The molecule has 0 aromatic heterocycles. The molecule has 166 valence electrons. The SMILES string of the molecule is CN(Cc1ccccc1)c1ccccc1NC(=O)C1CCN(C(=O)OC(C)(C)C)CC1. The van der Waals surface area contributed by atoms with Crippen LogP contribution in [-0.4, -0.2) is 42.6 Å². The van der Waals surface area contributed by atoms with E-state index >= 15 is 0 Å². The molecule has 1 fully saturated rings. The summed E-state index contributed by atoms with van der Waals surface area (Å²) in [5.41, 5.74) is 2.48. The number of nitrogens with one attached hydrogen (secondary N) is 1. The van der Waals surface area contributed by atoms with Gasteiger partial charge < -0.3 is 19.9 Å². The first-order chi connectivity index (χ1) is 14.7. The number of rotatable bonds is 5. The summed E-state index contributed by atoms with van der Waals surface area (Å²) < 4.78 is 5.44. The van der Waals surface area contributed by atoms with Gasteiger partial charge in [-0.2, -0.15) is 0 Å². The van der Waals surface area contributed by atoms with E-state index in [1.807, 2.05) is 70.3 Å². The number of carbonyl (C=O) groups excluding carboxylic acids is 2. The van der Waals surface area contributed by atoms with Crippen molar-refractivity contribution in [2.75, 3.05) is 30.4 Å². The van der Waals surface area contributed by atoms with Crippen molar-refractivity contribution < 1.29 is 14.3 Å². The molecule has 2 amide bonds. The zero-order valence-electron chi connectivity index (χ0n) is 18.9. The summed E-state index contributed by atoms with van der Waals surface area (Å²) in [4.78, 5) is 29.0. The highest BCUT2D eigenvalue weighted by atomic mass is 16.6. The van der Waals surface area contributed by atoms with Crippen molar-refractivity contribution in [3.8, 4) is 0 Å². The number of piperidine rings is 1. The lowest BCUT2D eigenvalue weighted by Crippen LogP contribution is -2.43. The van der Waals surface area contributed by atoms with Crippen LogP contribution < -0.4 is 10.2 Å². The van der Waals surface area contributed by atoms with Gasteiger partial charge in [0, 0.05) is 32.6 Å². The quantitative estimate of drug-likeness (QED) is 0.742. The van der Waals surface area contributed by atoms with Crippen LogP contribution in [0.3, 0.4) is 0 Å². The largest absolute Gasteiger partial charge is 0.444 e. The number of para-hydroxylation sites is 2. The zero-order chi connectivity index (χ0) is 22.4. The summed E-state index contributed by atoms with van der Waals surface area (Å²) in [6.45, 7) is 7.39. The Labute approximate surface area is 185 Å². The van der Waals surface area contributed by atoms with Crippen LogP contribution in [0, 0.1) is 5.92 Å². The van der Waals surface area contributed by atoms with Crippen molar-refractivity contribution in [3.05, 3.63) is 60.2 Å². The Morgan fingerprint density at radius 1 is 1.03 bits per heavy atom. The molecule has 0 bridgehead atoms. The van der Waals surface area contributed by atoms with Crippen LogP contribution in [-0.2, 0) is 16.1 Å². The summed E-state index contributed by atoms with van der Waals surface area (Å²) in [6, 6.07) is 18.1. The molecule has 31 heavy (non-hydrogen) atoms. The molecule has 1 N–H and O–H groups in total. The molecule has 6 nitrogen and oxygen atoms in total. The van der Waals surface area contributed by atoms with Crippen molar-refractivity contribution in [1.29, 1.82) is 0 Å². The Morgan fingerprint density at radius 3 is 2.29 bits per heavy atom. The van der Waals surface area contributed by atoms with Crippen LogP contribution in [0.1, 0.15) is 39.2 Å². The van der Waals surface area contributed by atoms with E-state index < -0.39 is 5.60 Å². The molecule has 1 saturated heterocycles. The van der Waals surface area contributed by atoms with E-state index in [0.29, 0.717) is 25.9 Å². The number of carbonyl (C=O) groups is 2. The highest BCUT2D eigenvalue weighted by Gasteiger charge is 2.30. The lowest BCUT2D eigenvalue weighted by molar-refractivity contribution is -0.121. The molecule has 3 rings (SSSR count). The Kier molecular flexibility index (Phi) is 7.21. The number of benzene rings is 2. The first-order valence-corrected chi connectivity index (χ1v) is 10.9. The average Bonchev–Trinajstić information content (AvgIpc) is 2.73. The second-order valence-electron chi connectivity index (χ2n) is 9.09. The molecule has 1 aliphatic rings. The maximum Gasteiger partial charge on any atom is 0.410 e. The van der Waals surface area contributed by atoms with Crippen LogP contribution >= 0.6 is 0 Å². The molecule has 2 aromatic carbocycles. The predicted octanol–water partition coefficient (Wildman–Crippen LogP) is 4.91. The lowest BCUT2D eigenvalue weighted by atomic mass is 9.96. The summed E-state index contributed by atoms with van der Waals surface area (Å²) >= 11 is 0. The molecule has 0 atom stereocenters. The smallest absolute Gasteiger partial charge is 0.410 e. The molecule has 6 heteroatoms. The van der Waals surface area contributed by atoms with Crippen molar-refractivity contribution in [2.24, 2.45) is 5.92 Å². The topological polar surface area (TPSA) is 61.9 Å². The number of hydrogen-bond donors (Lipinski definition) is 1. The highest BCUT2D eigenvalue weighted by Crippen LogP contribution is 2.28. The van der Waals surface area contributed by atoms with Gasteiger partial charge in [-0.1, -0.05) is 42.5 Å². The molecule has 1 heterocycles. The number of anilines is 2. The fourth-order valence-electron chi connectivity index (χ4n) is 3.74. The minimum atomic E-state index is -0.513. The van der Waals surface area contributed by atoms with Gasteiger partial charge in [0.25, 0.3) is 0 Å². The second-order valence-corrected chi connectivity index (χ2v) is 9.09. The van der Waals surface area contributed by atoms with E-state index in [2.05, 4.69) is 22.3 Å². The number of ether oxygens (including phenoxy) is 1. The van der Waals surface area contributed by atoms with Crippen LogP contribution in [0.15, 0.2) is 54.6 Å². The first kappa shape index (κ1) is 22.7. The van der Waals surface area contributed by atoms with Crippen molar-refractivity contribution in [3.63, 3.8) is 0 Å². The molecule has 0 aliphatic carbocycles. The maximum atomic E-state index is 12.9. The van der Waals surface area contributed by atoms with Crippen LogP contribution in [0.25, 0.3) is 0 Å². The summed E-state index contributed by atoms with van der Waals surface area (Å²) in [6.07, 6.45) is 0.958. The molecule has 2 aromatic rings. The van der Waals surface area contributed by atoms with Gasteiger partial charge in [-0.25, -0.2) is 4.79 Å². The van der Waals surface area contributed by atoms with Crippen LogP contribution in [0.5, 0.6) is 0 Å². The van der Waals surface area contributed by atoms with Crippen LogP contribution in [0.4, 0.5) is 16.2 Å². The number of hydrogen-bond acceptors (Lipinski definition) is 4. The Bertz CT molecular complexity index is 884. The normalized spacial score (nSPS) is 14.8. The molecule has 0 radical (unpaired) electrons. The molecule has 0 saturated carbocycles. The Balaban J connectivity index is 1.58. The van der Waals surface area contributed by atoms with E-state index in [9.17, 15) is 9.59 Å². The van der Waals surface area contributed by atoms with E-state index in [1.165, 1.54) is 5.56 Å². The number of amides is 2. The minimum absolute atomic E-state index is 0.00407. The Morgan fingerprint density at radius 2 is 1.65 bits per heavy atom. The summed E-state index contributed by atoms with van der Waals surface area (Å²) in [5, 5.41) is 3.11. The van der Waals surface area contributed by atoms with Crippen molar-refractivity contribution >= 4 is 23.4 Å². The third-order valence-electron chi connectivity index (χ3n) is 5.35. The van der Waals surface area contributed by atoms with E-state index in [-0.39, 0.29) is 17.9 Å². The fraction of sp³-hybridized carbons (Fsp3) is 0.440. The van der Waals surface area contributed by atoms with Crippen molar-refractivity contribution in [1.82, 2.24) is 4.90 Å². The molecule has 0 unspecified atom stereocenters. The molecule has 1 aliphatic heterocycles. The van der Waals surface area contributed by atoms with Crippen LogP contribution in [0.2, 0.25) is 0 Å². The minimum Gasteiger partial charge on any atom is -0.444 e. The van der Waals surface area contributed by atoms with Gasteiger partial charge in [0.2, 0.25) is 5.91 Å². The van der Waals surface area contributed by atoms with Gasteiger partial charge in [0.15, 0.2) is 0 Å². The van der Waals surface area contributed by atoms with Gasteiger partial charge in [0.1, 0.15) is 5.60 Å². The van der Waals surface area contributed by atoms with E-state index in [1.54, 1.807) is 4.90 Å². The van der Waals surface area contributed by atoms with Gasteiger partial charge in [0.05, 0.1) is 11.4 Å². The number of nitrogens with zero attached hydrogens (tertiary/aromatic N) is 2. The first-order valence-electron chi connectivity index (χ1n) is 10.9. The van der Waals surface area contributed by atoms with Gasteiger partial charge in [-0.05, 0) is 51.3 Å². The third-order valence-corrected chi connectivity index (χ3v) is 5.35. The fourth-order valence-corrected chi connectivity index (χ4v) is 3.74. The van der Waals surface area contributed by atoms with Gasteiger partial charge in [-0.3, -0.25) is 4.79 Å². The maximum absolute atomic E-state index is 12.9. The van der Waals surface area contributed by atoms with E-state index in [0.717, 1.165) is 17.9 Å². The predicted molar refractivity (Wildman–Crippen MR) is 124 cm³/mol. The lowest BCUT2D eigenvalue weighted by Gasteiger charge is -2.33. The van der Waals surface area contributed by atoms with Gasteiger partial charge >= 0.3 is 6.09 Å². The zero-order valence-corrected chi connectivity index (χ0v) is 18.9. The van der Waals surface area contributed by atoms with E-state index in [4.69, 9.17) is 4.74 Å². The highest BCUT2D eigenvalue weighted by molar-refractivity contribution is 5.96. The number of likely N-dealkylation sites (tertiary alicyclic amines) is 1. The second kappa shape index (κ2) is 9.86. The molecular formula is C25H33N3O3. The Hall–Kier alpha value is -3.02. The van der Waals surface area contributed by atoms with Crippen molar-refractivity contribution in [2.45, 2.75) is 45.8 Å². The third kappa shape index (κ3) is 6.48. The monoisotopic (exact) mass is 423 g/mol. The van der Waals surface area contributed by atoms with Gasteiger partial charge in [-0.15, -0.1) is 0 Å². The molecular weight excluding hydrogens is 390 g/mol. The summed E-state index contributed by atoms with van der Waals surface area (Å²) in [7, 11) is 2.03.